The van der Waals surface area contributed by atoms with Crippen molar-refractivity contribution >= 4 is 22.7 Å². The SMILES string of the molecule is O=C1CCC(C(=O)N2CCc3c([nH]c4ccccc34)C2C2CCCCC2)N1. The second-order valence-electron chi connectivity index (χ2n) is 8.35. The van der Waals surface area contributed by atoms with E-state index in [-0.39, 0.29) is 23.9 Å². The number of para-hydroxylation sites is 1. The van der Waals surface area contributed by atoms with Crippen molar-refractivity contribution in [2.24, 2.45) is 5.92 Å². The number of carbonyl (C=O) groups is 2. The van der Waals surface area contributed by atoms with Crippen LogP contribution in [-0.2, 0) is 16.0 Å². The second kappa shape index (κ2) is 6.70. The molecule has 0 radical (unpaired) electrons. The zero-order chi connectivity index (χ0) is 18.4. The number of nitrogens with zero attached hydrogens (tertiary/aromatic N) is 1. The molecule has 5 heteroatoms. The fraction of sp³-hybridized carbons (Fsp3) is 0.545. The standard InChI is InChI=1S/C22H27N3O2/c26-19-11-10-18(23-19)22(27)25-13-12-16-15-8-4-5-9-17(15)24-20(16)21(25)14-6-2-1-3-7-14/h4-5,8-9,14,18,21,24H,1-3,6-7,10-13H2,(H,23,26). The van der Waals surface area contributed by atoms with Crippen molar-refractivity contribution < 1.29 is 9.59 Å². The Hall–Kier alpha value is -2.30. The molecule has 2 unspecified atom stereocenters. The van der Waals surface area contributed by atoms with Gasteiger partial charge in [-0.2, -0.15) is 0 Å². The number of aromatic nitrogens is 1. The molecule has 2 aliphatic heterocycles. The first-order chi connectivity index (χ1) is 13.2. The zero-order valence-electron chi connectivity index (χ0n) is 15.7. The van der Waals surface area contributed by atoms with E-state index in [9.17, 15) is 9.59 Å². The average Bonchev–Trinajstić information content (AvgIpc) is 3.30. The summed E-state index contributed by atoms with van der Waals surface area (Å²) >= 11 is 0. The summed E-state index contributed by atoms with van der Waals surface area (Å²) in [6.45, 7) is 0.751. The maximum absolute atomic E-state index is 13.3. The summed E-state index contributed by atoms with van der Waals surface area (Å²) in [6.07, 6.45) is 8.14. The van der Waals surface area contributed by atoms with E-state index in [1.807, 2.05) is 0 Å². The van der Waals surface area contributed by atoms with Crippen molar-refractivity contribution in [1.82, 2.24) is 15.2 Å². The molecule has 1 saturated carbocycles. The van der Waals surface area contributed by atoms with Crippen molar-refractivity contribution in [2.75, 3.05) is 6.54 Å². The number of hydrogen-bond acceptors (Lipinski definition) is 2. The van der Waals surface area contributed by atoms with Gasteiger partial charge in [0.2, 0.25) is 11.8 Å². The Kier molecular flexibility index (Phi) is 4.18. The molecule has 2 atom stereocenters. The molecular formula is C22H27N3O2. The van der Waals surface area contributed by atoms with E-state index in [4.69, 9.17) is 0 Å². The smallest absolute Gasteiger partial charge is 0.245 e. The zero-order valence-corrected chi connectivity index (χ0v) is 15.7. The van der Waals surface area contributed by atoms with Gasteiger partial charge in [0.1, 0.15) is 6.04 Å². The first kappa shape index (κ1) is 16.8. The third kappa shape index (κ3) is 2.84. The maximum Gasteiger partial charge on any atom is 0.245 e. The van der Waals surface area contributed by atoms with Crippen LogP contribution in [0.15, 0.2) is 24.3 Å². The molecule has 3 aliphatic rings. The summed E-state index contributed by atoms with van der Waals surface area (Å²) in [4.78, 5) is 30.7. The van der Waals surface area contributed by atoms with Crippen molar-refractivity contribution in [2.45, 2.75) is 63.5 Å². The van der Waals surface area contributed by atoms with Gasteiger partial charge in [-0.3, -0.25) is 9.59 Å². The van der Waals surface area contributed by atoms with Crippen LogP contribution in [0.3, 0.4) is 0 Å². The summed E-state index contributed by atoms with van der Waals surface area (Å²) in [7, 11) is 0. The molecule has 27 heavy (non-hydrogen) atoms. The summed E-state index contributed by atoms with van der Waals surface area (Å²) in [5, 5.41) is 4.19. The van der Waals surface area contributed by atoms with Crippen LogP contribution in [0.25, 0.3) is 10.9 Å². The molecule has 2 fully saturated rings. The van der Waals surface area contributed by atoms with E-state index in [1.165, 1.54) is 54.3 Å². The Labute approximate surface area is 159 Å². The van der Waals surface area contributed by atoms with E-state index in [0.29, 0.717) is 18.8 Å². The van der Waals surface area contributed by atoms with Crippen molar-refractivity contribution in [3.05, 3.63) is 35.5 Å². The molecule has 0 spiro atoms. The first-order valence-corrected chi connectivity index (χ1v) is 10.4. The van der Waals surface area contributed by atoms with Crippen molar-refractivity contribution in [3.63, 3.8) is 0 Å². The molecule has 2 aromatic rings. The normalized spacial score (nSPS) is 26.2. The molecule has 0 bridgehead atoms. The predicted octanol–water partition coefficient (Wildman–Crippen LogP) is 3.45. The quantitative estimate of drug-likeness (QED) is 0.856. The number of amides is 2. The van der Waals surface area contributed by atoms with Crippen LogP contribution in [0.4, 0.5) is 0 Å². The van der Waals surface area contributed by atoms with Gasteiger partial charge in [-0.15, -0.1) is 0 Å². The van der Waals surface area contributed by atoms with Gasteiger partial charge < -0.3 is 15.2 Å². The Morgan fingerprint density at radius 2 is 1.85 bits per heavy atom. The Bertz CT molecular complexity index is 881. The van der Waals surface area contributed by atoms with E-state index < -0.39 is 0 Å². The molecule has 5 rings (SSSR count). The van der Waals surface area contributed by atoms with Crippen LogP contribution in [0.2, 0.25) is 0 Å². The first-order valence-electron chi connectivity index (χ1n) is 10.4. The molecule has 2 amide bonds. The van der Waals surface area contributed by atoms with Crippen LogP contribution in [0.5, 0.6) is 0 Å². The number of nitrogens with one attached hydrogen (secondary N) is 2. The number of rotatable bonds is 2. The monoisotopic (exact) mass is 365 g/mol. The molecule has 142 valence electrons. The largest absolute Gasteiger partial charge is 0.356 e. The summed E-state index contributed by atoms with van der Waals surface area (Å²) < 4.78 is 0. The van der Waals surface area contributed by atoms with E-state index in [2.05, 4.69) is 39.5 Å². The van der Waals surface area contributed by atoms with Crippen molar-refractivity contribution in [3.8, 4) is 0 Å². The minimum Gasteiger partial charge on any atom is -0.356 e. The van der Waals surface area contributed by atoms with Crippen LogP contribution >= 0.6 is 0 Å². The average molecular weight is 365 g/mol. The summed E-state index contributed by atoms with van der Waals surface area (Å²) in [5.74, 6) is 0.624. The van der Waals surface area contributed by atoms with Gasteiger partial charge in [-0.25, -0.2) is 0 Å². The fourth-order valence-electron chi connectivity index (χ4n) is 5.46. The highest BCUT2D eigenvalue weighted by molar-refractivity contribution is 5.92. The lowest BCUT2D eigenvalue weighted by Gasteiger charge is -2.42. The highest BCUT2D eigenvalue weighted by Crippen LogP contribution is 2.44. The Morgan fingerprint density at radius 1 is 1.04 bits per heavy atom. The highest BCUT2D eigenvalue weighted by atomic mass is 16.2. The molecule has 1 aliphatic carbocycles. The minimum atomic E-state index is -0.338. The summed E-state index contributed by atoms with van der Waals surface area (Å²) in [6, 6.07) is 8.27. The topological polar surface area (TPSA) is 65.2 Å². The van der Waals surface area contributed by atoms with Gasteiger partial charge in [0.25, 0.3) is 0 Å². The van der Waals surface area contributed by atoms with E-state index >= 15 is 0 Å². The van der Waals surface area contributed by atoms with Crippen LogP contribution < -0.4 is 5.32 Å². The molecule has 5 nitrogen and oxygen atoms in total. The summed E-state index contributed by atoms with van der Waals surface area (Å²) in [5.41, 5.74) is 3.81. The van der Waals surface area contributed by atoms with Crippen LogP contribution in [0.1, 0.15) is 62.2 Å². The molecule has 1 aromatic heterocycles. The number of benzene rings is 1. The number of carbonyl (C=O) groups excluding carboxylic acids is 2. The number of fused-ring (bicyclic) bond motifs is 3. The van der Waals surface area contributed by atoms with Gasteiger partial charge >= 0.3 is 0 Å². The molecule has 3 heterocycles. The molecule has 2 N–H and O–H groups in total. The second-order valence-corrected chi connectivity index (χ2v) is 8.35. The highest BCUT2D eigenvalue weighted by Gasteiger charge is 2.41. The lowest BCUT2D eigenvalue weighted by Crippen LogP contribution is -2.50. The van der Waals surface area contributed by atoms with Gasteiger partial charge in [-0.05, 0) is 43.2 Å². The van der Waals surface area contributed by atoms with Gasteiger partial charge in [0.15, 0.2) is 0 Å². The molecule has 1 saturated heterocycles. The Morgan fingerprint density at radius 3 is 2.63 bits per heavy atom. The minimum absolute atomic E-state index is 0.00544. The van der Waals surface area contributed by atoms with Crippen LogP contribution in [0, 0.1) is 5.92 Å². The fourth-order valence-corrected chi connectivity index (χ4v) is 5.46. The number of aromatic amines is 1. The van der Waals surface area contributed by atoms with Gasteiger partial charge in [-0.1, -0.05) is 37.5 Å². The van der Waals surface area contributed by atoms with E-state index in [0.717, 1.165) is 13.0 Å². The predicted molar refractivity (Wildman–Crippen MR) is 104 cm³/mol. The lowest BCUT2D eigenvalue weighted by molar-refractivity contribution is -0.138. The van der Waals surface area contributed by atoms with Gasteiger partial charge in [0, 0.05) is 29.6 Å². The van der Waals surface area contributed by atoms with Gasteiger partial charge in [0.05, 0.1) is 6.04 Å². The van der Waals surface area contributed by atoms with E-state index in [1.54, 1.807) is 0 Å². The van der Waals surface area contributed by atoms with Crippen molar-refractivity contribution in [1.29, 1.82) is 0 Å². The Balaban J connectivity index is 1.54. The molecular weight excluding hydrogens is 338 g/mol. The molecule has 1 aromatic carbocycles. The lowest BCUT2D eigenvalue weighted by atomic mass is 9.79. The third-order valence-corrected chi connectivity index (χ3v) is 6.75. The number of hydrogen-bond donors (Lipinski definition) is 2. The van der Waals surface area contributed by atoms with Crippen LogP contribution in [-0.4, -0.2) is 34.3 Å². The third-order valence-electron chi connectivity index (χ3n) is 6.75. The number of H-pyrrole nitrogens is 1. The maximum atomic E-state index is 13.3.